The lowest BCUT2D eigenvalue weighted by atomic mass is 9.96. The molecule has 1 fully saturated rings. The minimum Gasteiger partial charge on any atom is -0.481 e. The van der Waals surface area contributed by atoms with Gasteiger partial charge >= 0.3 is 18.3 Å². The Morgan fingerprint density at radius 3 is 2.25 bits per heavy atom. The summed E-state index contributed by atoms with van der Waals surface area (Å²) in [7, 11) is 0. The average molecular weight is 356 g/mol. The predicted molar refractivity (Wildman–Crippen MR) is 65.8 cm³/mol. The number of amides is 1. The van der Waals surface area contributed by atoms with E-state index in [0.717, 1.165) is 12.3 Å². The Hall–Kier alpha value is -2.33. The molecule has 0 aliphatic carbocycles. The van der Waals surface area contributed by atoms with E-state index in [0.29, 0.717) is 11.0 Å². The first-order valence-corrected chi connectivity index (χ1v) is 6.54. The molecule has 0 radical (unpaired) electrons. The highest BCUT2D eigenvalue weighted by Gasteiger charge is 2.54. The average Bonchev–Trinajstić information content (AvgIpc) is 2.91. The largest absolute Gasteiger partial charge is 0.481 e. The van der Waals surface area contributed by atoms with E-state index in [9.17, 15) is 35.9 Å². The standard InChI is InChI=1S/C13H10F6N2O3/c14-12(15,16)7-2-1-3-20-9(7)10(22)21-4-6(11(23)24)8(5-21)13(17,18)19/h1-3,6,8H,4-5H2,(H,23,24)/t6-,8-/m1/s1. The van der Waals surface area contributed by atoms with Gasteiger partial charge in [-0.15, -0.1) is 0 Å². The summed E-state index contributed by atoms with van der Waals surface area (Å²) in [5.41, 5.74) is -2.45. The summed E-state index contributed by atoms with van der Waals surface area (Å²) in [5, 5.41) is 8.87. The molecule has 0 bridgehead atoms. The summed E-state index contributed by atoms with van der Waals surface area (Å²) >= 11 is 0. The van der Waals surface area contributed by atoms with Gasteiger partial charge in [0.1, 0.15) is 5.69 Å². The van der Waals surface area contributed by atoms with Gasteiger partial charge < -0.3 is 10.0 Å². The Bertz CT molecular complexity index is 658. The van der Waals surface area contributed by atoms with E-state index < -0.39 is 60.4 Å². The van der Waals surface area contributed by atoms with Crippen molar-refractivity contribution in [2.24, 2.45) is 11.8 Å². The SMILES string of the molecule is O=C(O)[C@@H]1CN(C(=O)c2ncccc2C(F)(F)F)C[C@H]1C(F)(F)F. The molecule has 2 heterocycles. The van der Waals surface area contributed by atoms with Crippen LogP contribution in [-0.4, -0.2) is 46.1 Å². The van der Waals surface area contributed by atoms with Crippen LogP contribution in [0.2, 0.25) is 0 Å². The van der Waals surface area contributed by atoms with Crippen LogP contribution in [-0.2, 0) is 11.0 Å². The minimum absolute atomic E-state index is 0.439. The summed E-state index contributed by atoms with van der Waals surface area (Å²) in [6.45, 7) is -1.88. The number of carbonyl (C=O) groups excluding carboxylic acids is 1. The van der Waals surface area contributed by atoms with E-state index >= 15 is 0 Å². The molecule has 0 spiro atoms. The van der Waals surface area contributed by atoms with E-state index in [1.165, 1.54) is 0 Å². The van der Waals surface area contributed by atoms with Crippen molar-refractivity contribution in [1.29, 1.82) is 0 Å². The number of aliphatic carboxylic acids is 1. The number of likely N-dealkylation sites (tertiary alicyclic amines) is 1. The fourth-order valence-corrected chi connectivity index (χ4v) is 2.51. The number of rotatable bonds is 2. The molecule has 1 aromatic heterocycles. The summed E-state index contributed by atoms with van der Waals surface area (Å²) in [4.78, 5) is 26.9. The third-order valence-electron chi connectivity index (χ3n) is 3.66. The molecule has 2 rings (SSSR count). The highest BCUT2D eigenvalue weighted by Crippen LogP contribution is 2.39. The molecule has 1 saturated heterocycles. The van der Waals surface area contributed by atoms with Gasteiger partial charge in [-0.1, -0.05) is 0 Å². The molecule has 24 heavy (non-hydrogen) atoms. The summed E-state index contributed by atoms with van der Waals surface area (Å²) in [6, 6.07) is 1.51. The molecule has 132 valence electrons. The third-order valence-corrected chi connectivity index (χ3v) is 3.66. The quantitative estimate of drug-likeness (QED) is 0.827. The maximum absolute atomic E-state index is 12.9. The fraction of sp³-hybridized carbons (Fsp3) is 0.462. The second-order valence-electron chi connectivity index (χ2n) is 5.20. The number of carbonyl (C=O) groups is 2. The Balaban J connectivity index is 2.34. The van der Waals surface area contributed by atoms with Gasteiger partial charge in [-0.05, 0) is 12.1 Å². The molecule has 0 saturated carbocycles. The number of carboxylic acids is 1. The molecule has 1 aliphatic rings. The van der Waals surface area contributed by atoms with E-state index in [1.807, 2.05) is 0 Å². The molecule has 0 unspecified atom stereocenters. The van der Waals surface area contributed by atoms with Crippen molar-refractivity contribution in [2.45, 2.75) is 12.4 Å². The Morgan fingerprint density at radius 2 is 1.79 bits per heavy atom. The Kier molecular flexibility index (Phi) is 4.46. The maximum atomic E-state index is 12.9. The normalized spacial score (nSPS) is 21.8. The van der Waals surface area contributed by atoms with Crippen LogP contribution in [0.4, 0.5) is 26.3 Å². The number of alkyl halides is 6. The maximum Gasteiger partial charge on any atom is 0.418 e. The van der Waals surface area contributed by atoms with Gasteiger partial charge in [0, 0.05) is 19.3 Å². The zero-order chi connectivity index (χ0) is 18.3. The van der Waals surface area contributed by atoms with Gasteiger partial charge in [0.05, 0.1) is 17.4 Å². The van der Waals surface area contributed by atoms with E-state index in [2.05, 4.69) is 4.98 Å². The van der Waals surface area contributed by atoms with E-state index in [1.54, 1.807) is 0 Å². The van der Waals surface area contributed by atoms with Crippen LogP contribution in [0.5, 0.6) is 0 Å². The van der Waals surface area contributed by atoms with Gasteiger partial charge in [0.25, 0.3) is 5.91 Å². The summed E-state index contributed by atoms with van der Waals surface area (Å²) < 4.78 is 77.3. The Morgan fingerprint density at radius 1 is 1.17 bits per heavy atom. The highest BCUT2D eigenvalue weighted by molar-refractivity contribution is 5.94. The van der Waals surface area contributed by atoms with E-state index in [4.69, 9.17) is 5.11 Å². The predicted octanol–water partition coefficient (Wildman–Crippen LogP) is 2.44. The van der Waals surface area contributed by atoms with Crippen LogP contribution in [0, 0.1) is 11.8 Å². The monoisotopic (exact) mass is 356 g/mol. The molecule has 1 amide bonds. The fourth-order valence-electron chi connectivity index (χ4n) is 2.51. The van der Waals surface area contributed by atoms with Crippen LogP contribution in [0.25, 0.3) is 0 Å². The zero-order valence-corrected chi connectivity index (χ0v) is 11.7. The number of hydrogen-bond acceptors (Lipinski definition) is 3. The van der Waals surface area contributed by atoms with Crippen molar-refractivity contribution >= 4 is 11.9 Å². The topological polar surface area (TPSA) is 70.5 Å². The first-order chi connectivity index (χ1) is 10.9. The number of carboxylic acid groups (broad SMARTS) is 1. The van der Waals surface area contributed by atoms with Crippen molar-refractivity contribution in [2.75, 3.05) is 13.1 Å². The lowest BCUT2D eigenvalue weighted by Crippen LogP contribution is -2.34. The molecular weight excluding hydrogens is 346 g/mol. The first-order valence-electron chi connectivity index (χ1n) is 6.54. The molecule has 1 aliphatic heterocycles. The van der Waals surface area contributed by atoms with Crippen LogP contribution in [0.15, 0.2) is 18.3 Å². The van der Waals surface area contributed by atoms with Gasteiger partial charge in [-0.3, -0.25) is 14.6 Å². The molecule has 2 atom stereocenters. The zero-order valence-electron chi connectivity index (χ0n) is 11.7. The molecular formula is C13H10F6N2O3. The lowest BCUT2D eigenvalue weighted by Gasteiger charge is -2.19. The van der Waals surface area contributed by atoms with Crippen LogP contribution in [0.3, 0.4) is 0 Å². The smallest absolute Gasteiger partial charge is 0.418 e. The highest BCUT2D eigenvalue weighted by atomic mass is 19.4. The van der Waals surface area contributed by atoms with Crippen LogP contribution >= 0.6 is 0 Å². The number of aromatic nitrogens is 1. The van der Waals surface area contributed by atoms with Gasteiger partial charge in [0.15, 0.2) is 0 Å². The number of nitrogens with zero attached hydrogens (tertiary/aromatic N) is 2. The molecule has 11 heteroatoms. The number of hydrogen-bond donors (Lipinski definition) is 1. The van der Waals surface area contributed by atoms with Crippen molar-refractivity contribution in [3.8, 4) is 0 Å². The summed E-state index contributed by atoms with van der Waals surface area (Å²) in [6.07, 6.45) is -8.92. The van der Waals surface area contributed by atoms with Crippen molar-refractivity contribution in [3.63, 3.8) is 0 Å². The second-order valence-corrected chi connectivity index (χ2v) is 5.20. The summed E-state index contributed by atoms with van der Waals surface area (Å²) in [5.74, 6) is -7.45. The number of halogens is 6. The van der Waals surface area contributed by atoms with Gasteiger partial charge in [-0.25, -0.2) is 0 Å². The first kappa shape index (κ1) is 18.0. The van der Waals surface area contributed by atoms with Gasteiger partial charge in [-0.2, -0.15) is 26.3 Å². The number of pyridine rings is 1. The minimum atomic E-state index is -4.92. The Labute approximate surface area is 130 Å². The van der Waals surface area contributed by atoms with Gasteiger partial charge in [0.2, 0.25) is 0 Å². The molecule has 1 N–H and O–H groups in total. The van der Waals surface area contributed by atoms with E-state index in [-0.39, 0.29) is 0 Å². The molecule has 5 nitrogen and oxygen atoms in total. The van der Waals surface area contributed by atoms with Crippen LogP contribution in [0.1, 0.15) is 16.1 Å². The molecule has 1 aromatic rings. The van der Waals surface area contributed by atoms with Crippen molar-refractivity contribution in [1.82, 2.24) is 9.88 Å². The molecule has 0 aromatic carbocycles. The third kappa shape index (κ3) is 3.44. The lowest BCUT2D eigenvalue weighted by molar-refractivity contribution is -0.187. The van der Waals surface area contributed by atoms with Crippen molar-refractivity contribution < 1.29 is 41.0 Å². The van der Waals surface area contributed by atoms with Crippen molar-refractivity contribution in [3.05, 3.63) is 29.6 Å². The second kappa shape index (κ2) is 5.95. The van der Waals surface area contributed by atoms with Crippen LogP contribution < -0.4 is 0 Å².